The zero-order valence-corrected chi connectivity index (χ0v) is 54.2. The summed E-state index contributed by atoms with van der Waals surface area (Å²) in [6, 6.07) is 0. The zero-order valence-electron chi connectivity index (χ0n) is 54.2. The standard InChI is InChI=1S/C77H128O6/c1-4-7-10-13-16-19-22-25-27-29-31-33-34-35-36-37-38-39-40-41-42-44-45-47-49-52-55-58-61-64-67-70-76(79)82-73-74(72-81-75(78)69-66-63-60-57-54-51-24-21-18-15-12-9-6-3)83-77(80)71-68-65-62-59-56-53-50-48-46-43-32-30-28-26-23-20-17-14-11-8-5-2/h7,9-10,12,16,18-19,21,23,25-27,30-33,35-36,38-39,51,54,74H,4-6,8,11,13-15,17,20,22,24,28-29,34,37,40-50,52-53,55-73H2,1-3H3/b10-7-,12-9-,19-16-,21-18-,26-23-,27-25-,32-30-,33-31-,36-35-,39-38-,54-51-. The molecule has 0 aliphatic rings. The van der Waals surface area contributed by atoms with Gasteiger partial charge in [-0.1, -0.05) is 296 Å². The van der Waals surface area contributed by atoms with Crippen molar-refractivity contribution in [3.05, 3.63) is 134 Å². The quantitative estimate of drug-likeness (QED) is 0.0261. The Hall–Kier alpha value is -4.45. The molecule has 472 valence electrons. The van der Waals surface area contributed by atoms with Crippen molar-refractivity contribution in [3.63, 3.8) is 0 Å². The Balaban J connectivity index is 4.29. The molecule has 0 N–H and O–H groups in total. The van der Waals surface area contributed by atoms with Crippen LogP contribution >= 0.6 is 0 Å². The van der Waals surface area contributed by atoms with Gasteiger partial charge in [-0.15, -0.1) is 0 Å². The van der Waals surface area contributed by atoms with E-state index in [1.807, 2.05) is 0 Å². The van der Waals surface area contributed by atoms with Crippen LogP contribution in [0.1, 0.15) is 316 Å². The number of hydrogen-bond donors (Lipinski definition) is 0. The highest BCUT2D eigenvalue weighted by atomic mass is 16.6. The molecule has 1 atom stereocenters. The number of rotatable bonds is 62. The van der Waals surface area contributed by atoms with Crippen molar-refractivity contribution in [2.75, 3.05) is 13.2 Å². The Labute approximate surface area is 513 Å². The van der Waals surface area contributed by atoms with Crippen molar-refractivity contribution < 1.29 is 28.6 Å². The first-order valence-electron chi connectivity index (χ1n) is 34.7. The van der Waals surface area contributed by atoms with Gasteiger partial charge in [-0.3, -0.25) is 14.4 Å². The molecule has 0 rings (SSSR count). The van der Waals surface area contributed by atoms with E-state index in [1.165, 1.54) is 148 Å². The molecule has 0 aromatic heterocycles. The van der Waals surface area contributed by atoms with E-state index < -0.39 is 6.10 Å². The fraction of sp³-hybridized carbons (Fsp3) is 0.675. The maximum Gasteiger partial charge on any atom is 0.306 e. The van der Waals surface area contributed by atoms with Gasteiger partial charge in [0.05, 0.1) is 0 Å². The number of carbonyl (C=O) groups excluding carboxylic acids is 3. The number of esters is 3. The Kier molecular flexibility index (Phi) is 66.3. The monoisotopic (exact) mass is 1150 g/mol. The van der Waals surface area contributed by atoms with Gasteiger partial charge >= 0.3 is 17.9 Å². The number of hydrogen-bond acceptors (Lipinski definition) is 6. The van der Waals surface area contributed by atoms with Gasteiger partial charge in [0.2, 0.25) is 0 Å². The minimum atomic E-state index is -0.798. The van der Waals surface area contributed by atoms with Crippen molar-refractivity contribution >= 4 is 17.9 Å². The SMILES string of the molecule is CC/C=C\C/C=C\C/C=C\C/C=C\C/C=C\C/C=C\CCCCCCCCCCCCCCC(=O)OCC(COC(=O)CCCCC/C=C\C/C=C\C/C=C\CC)OC(=O)CCCCCCCCCCC/C=C\C/C=C\CCCCCCC. The molecule has 0 bridgehead atoms. The molecule has 0 saturated heterocycles. The number of allylic oxidation sites excluding steroid dienone is 22. The Bertz CT molecular complexity index is 1750. The minimum absolute atomic E-state index is 0.0920. The van der Waals surface area contributed by atoms with Crippen molar-refractivity contribution in [1.82, 2.24) is 0 Å². The summed E-state index contributed by atoms with van der Waals surface area (Å²) in [4.78, 5) is 38.4. The molecule has 0 saturated carbocycles. The van der Waals surface area contributed by atoms with Gasteiger partial charge in [-0.2, -0.15) is 0 Å². The summed E-state index contributed by atoms with van der Waals surface area (Å²) in [7, 11) is 0. The number of ether oxygens (including phenoxy) is 3. The molecular formula is C77H128O6. The van der Waals surface area contributed by atoms with E-state index in [4.69, 9.17) is 14.2 Å². The average Bonchev–Trinajstić information content (AvgIpc) is 3.49. The molecule has 83 heavy (non-hydrogen) atoms. The first kappa shape index (κ1) is 78.5. The third-order valence-corrected chi connectivity index (χ3v) is 14.6. The lowest BCUT2D eigenvalue weighted by Crippen LogP contribution is -2.30. The summed E-state index contributed by atoms with van der Waals surface area (Å²) in [5.74, 6) is -0.922. The number of unbranched alkanes of at least 4 members (excludes halogenated alkanes) is 29. The molecule has 0 radical (unpaired) electrons. The van der Waals surface area contributed by atoms with E-state index in [9.17, 15) is 14.4 Å². The predicted octanol–water partition coefficient (Wildman–Crippen LogP) is 24.1. The lowest BCUT2D eigenvalue weighted by Gasteiger charge is -2.18. The van der Waals surface area contributed by atoms with Crippen molar-refractivity contribution in [2.45, 2.75) is 322 Å². The van der Waals surface area contributed by atoms with Crippen molar-refractivity contribution in [1.29, 1.82) is 0 Å². The fourth-order valence-corrected chi connectivity index (χ4v) is 9.49. The molecule has 0 amide bonds. The molecule has 0 aliphatic heterocycles. The van der Waals surface area contributed by atoms with Crippen LogP contribution in [-0.2, 0) is 28.6 Å². The topological polar surface area (TPSA) is 78.9 Å². The van der Waals surface area contributed by atoms with Gasteiger partial charge in [0, 0.05) is 19.3 Å². The van der Waals surface area contributed by atoms with Crippen LogP contribution in [0.5, 0.6) is 0 Å². The van der Waals surface area contributed by atoms with Crippen LogP contribution in [0.25, 0.3) is 0 Å². The summed E-state index contributed by atoms with van der Waals surface area (Å²) in [6.07, 6.45) is 99.0. The lowest BCUT2D eigenvalue weighted by molar-refractivity contribution is -0.167. The molecule has 0 aliphatic carbocycles. The van der Waals surface area contributed by atoms with Crippen molar-refractivity contribution in [3.8, 4) is 0 Å². The van der Waals surface area contributed by atoms with E-state index in [0.717, 1.165) is 128 Å². The van der Waals surface area contributed by atoms with Gasteiger partial charge in [0.25, 0.3) is 0 Å². The average molecular weight is 1150 g/mol. The summed E-state index contributed by atoms with van der Waals surface area (Å²) in [5, 5.41) is 0. The normalized spacial score (nSPS) is 13.0. The Morgan fingerprint density at radius 3 is 0.747 bits per heavy atom. The van der Waals surface area contributed by atoms with E-state index in [1.54, 1.807) is 0 Å². The molecule has 0 spiro atoms. The molecule has 6 nitrogen and oxygen atoms in total. The molecule has 1 unspecified atom stereocenters. The van der Waals surface area contributed by atoms with E-state index in [0.29, 0.717) is 19.3 Å². The molecule has 6 heteroatoms. The molecular weight excluding hydrogens is 1020 g/mol. The molecule has 0 heterocycles. The molecule has 0 aromatic rings. The second kappa shape index (κ2) is 70.0. The van der Waals surface area contributed by atoms with Gasteiger partial charge in [0.15, 0.2) is 6.10 Å². The van der Waals surface area contributed by atoms with Crippen LogP contribution in [0, 0.1) is 0 Å². The maximum absolute atomic E-state index is 12.9. The van der Waals surface area contributed by atoms with Gasteiger partial charge < -0.3 is 14.2 Å². The molecule has 0 aromatic carbocycles. The largest absolute Gasteiger partial charge is 0.462 e. The summed E-state index contributed by atoms with van der Waals surface area (Å²) in [6.45, 7) is 6.39. The second-order valence-corrected chi connectivity index (χ2v) is 22.7. The highest BCUT2D eigenvalue weighted by Crippen LogP contribution is 2.16. The van der Waals surface area contributed by atoms with Crippen molar-refractivity contribution in [2.24, 2.45) is 0 Å². The highest BCUT2D eigenvalue weighted by molar-refractivity contribution is 5.71. The van der Waals surface area contributed by atoms with Gasteiger partial charge in [-0.25, -0.2) is 0 Å². The van der Waals surface area contributed by atoms with Crippen LogP contribution in [-0.4, -0.2) is 37.2 Å². The van der Waals surface area contributed by atoms with E-state index >= 15 is 0 Å². The smallest absolute Gasteiger partial charge is 0.306 e. The van der Waals surface area contributed by atoms with E-state index in [2.05, 4.69) is 154 Å². The third-order valence-electron chi connectivity index (χ3n) is 14.6. The summed E-state index contributed by atoms with van der Waals surface area (Å²) >= 11 is 0. The molecule has 0 fully saturated rings. The Morgan fingerprint density at radius 2 is 0.470 bits per heavy atom. The first-order valence-corrected chi connectivity index (χ1v) is 34.7. The van der Waals surface area contributed by atoms with Gasteiger partial charge in [-0.05, 0) is 135 Å². The Morgan fingerprint density at radius 1 is 0.253 bits per heavy atom. The fourth-order valence-electron chi connectivity index (χ4n) is 9.49. The van der Waals surface area contributed by atoms with Crippen LogP contribution in [0.3, 0.4) is 0 Å². The van der Waals surface area contributed by atoms with Crippen LogP contribution in [0.4, 0.5) is 0 Å². The van der Waals surface area contributed by atoms with Crippen LogP contribution in [0.15, 0.2) is 134 Å². The summed E-state index contributed by atoms with van der Waals surface area (Å²) in [5.41, 5.74) is 0. The van der Waals surface area contributed by atoms with Gasteiger partial charge in [0.1, 0.15) is 13.2 Å². The van der Waals surface area contributed by atoms with Crippen LogP contribution in [0.2, 0.25) is 0 Å². The predicted molar refractivity (Wildman–Crippen MR) is 362 cm³/mol. The summed E-state index contributed by atoms with van der Waals surface area (Å²) < 4.78 is 16.9. The minimum Gasteiger partial charge on any atom is -0.462 e. The highest BCUT2D eigenvalue weighted by Gasteiger charge is 2.19. The maximum atomic E-state index is 12.9. The third kappa shape index (κ3) is 68.2. The zero-order chi connectivity index (χ0) is 59.9. The van der Waals surface area contributed by atoms with E-state index in [-0.39, 0.29) is 31.1 Å². The number of carbonyl (C=O) groups is 3. The second-order valence-electron chi connectivity index (χ2n) is 22.7. The first-order chi connectivity index (χ1) is 41.0. The van der Waals surface area contributed by atoms with Crippen LogP contribution < -0.4 is 0 Å². The lowest BCUT2D eigenvalue weighted by atomic mass is 10.0.